The number of carboxylic acid groups (broad SMARTS) is 1. The highest BCUT2D eigenvalue weighted by Gasteiger charge is 1.97. The van der Waals surface area contributed by atoms with Crippen LogP contribution in [0.2, 0.25) is 0 Å². The number of aromatic nitrogens is 1. The van der Waals surface area contributed by atoms with Crippen molar-refractivity contribution in [2.24, 2.45) is 0 Å². The molecule has 0 aromatic carbocycles. The van der Waals surface area contributed by atoms with Gasteiger partial charge in [0, 0.05) is 12.4 Å². The van der Waals surface area contributed by atoms with Crippen molar-refractivity contribution in [3.63, 3.8) is 0 Å². The average Bonchev–Trinajstić information content (AvgIpc) is 2.05. The van der Waals surface area contributed by atoms with Gasteiger partial charge in [-0.15, -0.1) is 0 Å². The van der Waals surface area contributed by atoms with Gasteiger partial charge in [-0.1, -0.05) is 0 Å². The fourth-order valence-electron chi connectivity index (χ4n) is 0.489. The van der Waals surface area contributed by atoms with Crippen LogP contribution in [0.3, 0.4) is 0 Å². The van der Waals surface area contributed by atoms with Crippen LogP contribution in [0, 0.1) is 0 Å². The maximum atomic E-state index is 10.2. The molecule has 0 aliphatic carbocycles. The Labute approximate surface area is 76.4 Å². The first-order chi connectivity index (χ1) is 6.04. The molecule has 1 aromatic heterocycles. The van der Waals surface area contributed by atoms with E-state index in [1.165, 1.54) is 18.5 Å². The Morgan fingerprint density at radius 1 is 1.46 bits per heavy atom. The van der Waals surface area contributed by atoms with Crippen LogP contribution in [-0.2, 0) is 11.4 Å². The Morgan fingerprint density at radius 3 is 2.23 bits per heavy atom. The summed E-state index contributed by atoms with van der Waals surface area (Å²) in [6.07, 6.45) is 2.84. The summed E-state index contributed by atoms with van der Waals surface area (Å²) in [5.74, 6) is -0.942. The van der Waals surface area contributed by atoms with E-state index in [0.29, 0.717) is 0 Å². The normalized spacial score (nSPS) is 8.85. The third-order valence-corrected chi connectivity index (χ3v) is 0.908. The molecule has 0 saturated carbocycles. The van der Waals surface area contributed by atoms with E-state index in [0.717, 1.165) is 0 Å². The molecule has 0 bridgehead atoms. The van der Waals surface area contributed by atoms with Crippen molar-refractivity contribution in [2.75, 3.05) is 0 Å². The van der Waals surface area contributed by atoms with Crippen molar-refractivity contribution in [1.29, 1.82) is 0 Å². The van der Waals surface area contributed by atoms with Crippen molar-refractivity contribution >= 4 is 17.3 Å². The molecule has 0 fully saturated rings. The van der Waals surface area contributed by atoms with Crippen LogP contribution in [0.15, 0.2) is 24.5 Å². The molecule has 0 unspecified atom stereocenters. The summed E-state index contributed by atoms with van der Waals surface area (Å²) in [5, 5.41) is 8.34. The Hall–Kier alpha value is -1.31. The molecule has 0 spiro atoms. The van der Waals surface area contributed by atoms with Crippen LogP contribution in [0.4, 0.5) is 0 Å². The molecule has 0 atom stereocenters. The molecule has 0 amide bonds. The van der Waals surface area contributed by atoms with Crippen molar-refractivity contribution in [3.05, 3.63) is 30.1 Å². The summed E-state index contributed by atoms with van der Waals surface area (Å²) in [4.78, 5) is 13.8. The van der Waals surface area contributed by atoms with Gasteiger partial charge in [0.2, 0.25) is 0 Å². The SMILES string of the molecule is O=C(O)c1cccnc1.O=S(O)O. The number of aromatic carboxylic acids is 1. The summed E-state index contributed by atoms with van der Waals surface area (Å²) >= 11 is -2.61. The minimum Gasteiger partial charge on any atom is -0.478 e. The number of pyridine rings is 1. The van der Waals surface area contributed by atoms with Crippen LogP contribution < -0.4 is 0 Å². The fourth-order valence-corrected chi connectivity index (χ4v) is 0.489. The molecule has 3 N–H and O–H groups in total. The van der Waals surface area contributed by atoms with Crippen molar-refractivity contribution in [2.45, 2.75) is 0 Å². The van der Waals surface area contributed by atoms with Gasteiger partial charge in [-0.3, -0.25) is 14.1 Å². The predicted molar refractivity (Wildman–Crippen MR) is 44.6 cm³/mol. The number of nitrogens with zero attached hydrogens (tertiary/aromatic N) is 1. The topological polar surface area (TPSA) is 108 Å². The monoisotopic (exact) mass is 205 g/mol. The zero-order valence-corrected chi connectivity index (χ0v) is 7.14. The molecule has 7 heteroatoms. The summed E-state index contributed by atoms with van der Waals surface area (Å²) < 4.78 is 22.8. The van der Waals surface area contributed by atoms with Gasteiger partial charge in [-0.2, -0.15) is 4.21 Å². The van der Waals surface area contributed by atoms with E-state index in [1.54, 1.807) is 6.07 Å². The van der Waals surface area contributed by atoms with Gasteiger partial charge < -0.3 is 5.11 Å². The van der Waals surface area contributed by atoms with E-state index in [-0.39, 0.29) is 5.56 Å². The first kappa shape index (κ1) is 11.7. The maximum Gasteiger partial charge on any atom is 0.337 e. The smallest absolute Gasteiger partial charge is 0.337 e. The molecule has 0 aliphatic heterocycles. The van der Waals surface area contributed by atoms with Gasteiger partial charge in [-0.25, -0.2) is 4.79 Å². The quantitative estimate of drug-likeness (QED) is 0.575. The first-order valence-corrected chi connectivity index (χ1v) is 4.03. The minimum absolute atomic E-state index is 0.220. The fraction of sp³-hybridized carbons (Fsp3) is 0. The number of carboxylic acids is 1. The molecular weight excluding hydrogens is 198 g/mol. The second-order valence-corrected chi connectivity index (χ2v) is 2.24. The lowest BCUT2D eigenvalue weighted by Crippen LogP contribution is -1.94. The molecule has 0 saturated heterocycles. The van der Waals surface area contributed by atoms with Crippen LogP contribution in [0.1, 0.15) is 10.4 Å². The minimum atomic E-state index is -2.61. The van der Waals surface area contributed by atoms with E-state index < -0.39 is 17.3 Å². The van der Waals surface area contributed by atoms with Gasteiger partial charge in [-0.05, 0) is 12.1 Å². The van der Waals surface area contributed by atoms with Crippen LogP contribution in [-0.4, -0.2) is 29.4 Å². The van der Waals surface area contributed by atoms with Crippen molar-refractivity contribution in [3.8, 4) is 0 Å². The van der Waals surface area contributed by atoms with E-state index >= 15 is 0 Å². The molecule has 13 heavy (non-hydrogen) atoms. The lowest BCUT2D eigenvalue weighted by atomic mass is 10.3. The highest BCUT2D eigenvalue weighted by molar-refractivity contribution is 7.73. The second-order valence-electron chi connectivity index (χ2n) is 1.78. The molecule has 0 aliphatic rings. The highest BCUT2D eigenvalue weighted by Crippen LogP contribution is 1.92. The van der Waals surface area contributed by atoms with Crippen LogP contribution >= 0.6 is 0 Å². The number of carbonyl (C=O) groups is 1. The molecule has 1 heterocycles. The standard InChI is InChI=1S/C6H5NO2.H2O3S/c8-6(9)5-2-1-3-7-4-5;1-4(2)3/h1-4H,(H,8,9);(H2,1,2,3). The summed E-state index contributed by atoms with van der Waals surface area (Å²) in [6.45, 7) is 0. The number of hydrogen-bond donors (Lipinski definition) is 3. The number of hydrogen-bond acceptors (Lipinski definition) is 3. The van der Waals surface area contributed by atoms with Gasteiger partial charge in [0.1, 0.15) is 0 Å². The van der Waals surface area contributed by atoms with Crippen molar-refractivity contribution < 1.29 is 23.2 Å². The first-order valence-electron chi connectivity index (χ1n) is 2.97. The second kappa shape index (κ2) is 6.23. The lowest BCUT2D eigenvalue weighted by Gasteiger charge is -1.87. The van der Waals surface area contributed by atoms with E-state index in [9.17, 15) is 4.79 Å². The summed E-state index contributed by atoms with van der Waals surface area (Å²) in [5.41, 5.74) is 0.220. The van der Waals surface area contributed by atoms with E-state index in [2.05, 4.69) is 4.98 Å². The zero-order valence-electron chi connectivity index (χ0n) is 6.32. The predicted octanol–water partition coefficient (Wildman–Crippen LogP) is 0.461. The van der Waals surface area contributed by atoms with Gasteiger partial charge in [0.15, 0.2) is 0 Å². The van der Waals surface area contributed by atoms with Gasteiger partial charge in [0.05, 0.1) is 5.56 Å². The molecule has 6 nitrogen and oxygen atoms in total. The third kappa shape index (κ3) is 7.06. The summed E-state index contributed by atoms with van der Waals surface area (Å²) in [7, 11) is 0. The Morgan fingerprint density at radius 2 is 2.00 bits per heavy atom. The molecule has 1 rings (SSSR count). The van der Waals surface area contributed by atoms with Gasteiger partial charge in [0.25, 0.3) is 11.4 Å². The molecule has 0 radical (unpaired) electrons. The van der Waals surface area contributed by atoms with E-state index in [4.69, 9.17) is 18.4 Å². The van der Waals surface area contributed by atoms with Crippen LogP contribution in [0.25, 0.3) is 0 Å². The van der Waals surface area contributed by atoms with Crippen molar-refractivity contribution in [1.82, 2.24) is 4.98 Å². The molecular formula is C6H7NO5S. The maximum absolute atomic E-state index is 10.2. The van der Waals surface area contributed by atoms with Gasteiger partial charge >= 0.3 is 5.97 Å². The number of rotatable bonds is 1. The highest BCUT2D eigenvalue weighted by atomic mass is 32.2. The van der Waals surface area contributed by atoms with Crippen LogP contribution in [0.5, 0.6) is 0 Å². The summed E-state index contributed by atoms with van der Waals surface area (Å²) in [6, 6.07) is 3.08. The third-order valence-electron chi connectivity index (χ3n) is 0.908. The Kier molecular flexibility index (Phi) is 5.60. The average molecular weight is 205 g/mol. The molecule has 1 aromatic rings. The largest absolute Gasteiger partial charge is 0.478 e. The van der Waals surface area contributed by atoms with E-state index in [1.807, 2.05) is 0 Å². The Balaban J connectivity index is 0.000000310. The lowest BCUT2D eigenvalue weighted by molar-refractivity contribution is 0.0696. The Bertz CT molecular complexity index is 284. The zero-order chi connectivity index (χ0) is 10.3. The molecule has 72 valence electrons.